The minimum Gasteiger partial charge on any atom is -0.478 e. The van der Waals surface area contributed by atoms with Crippen LogP contribution in [-0.4, -0.2) is 36.9 Å². The first kappa shape index (κ1) is 14.0. The van der Waals surface area contributed by atoms with Crippen LogP contribution in [0.5, 0.6) is 0 Å². The quantitative estimate of drug-likeness (QED) is 0.864. The summed E-state index contributed by atoms with van der Waals surface area (Å²) in [6.07, 6.45) is 2.17. The fourth-order valence-corrected chi connectivity index (χ4v) is 3.43. The maximum atomic E-state index is 12.4. The number of hydrogen-bond acceptors (Lipinski definition) is 3. The van der Waals surface area contributed by atoms with E-state index < -0.39 is 16.0 Å². The van der Waals surface area contributed by atoms with Crippen LogP contribution in [0.1, 0.15) is 30.1 Å². The lowest BCUT2D eigenvalue weighted by Gasteiger charge is -2.20. The van der Waals surface area contributed by atoms with Crippen LogP contribution >= 0.6 is 0 Å². The van der Waals surface area contributed by atoms with Gasteiger partial charge in [0.05, 0.1) is 10.5 Å². The molecule has 0 saturated heterocycles. The molecule has 6 heteroatoms. The minimum atomic E-state index is -3.51. The number of aromatic carboxylic acids is 1. The Hall–Kier alpha value is -1.40. The number of sulfonamides is 1. The second kappa shape index (κ2) is 5.30. The lowest BCUT2D eigenvalue weighted by molar-refractivity contribution is 0.0696. The first-order chi connectivity index (χ1) is 8.95. The average Bonchev–Trinajstić information content (AvgIpc) is 3.19. The van der Waals surface area contributed by atoms with Crippen LogP contribution in [-0.2, 0) is 10.0 Å². The van der Waals surface area contributed by atoms with Crippen molar-refractivity contribution in [1.82, 2.24) is 4.31 Å². The van der Waals surface area contributed by atoms with E-state index in [0.717, 1.165) is 12.8 Å². The van der Waals surface area contributed by atoms with Crippen LogP contribution < -0.4 is 0 Å². The number of carbonyl (C=O) groups is 1. The Morgan fingerprint density at radius 2 is 1.89 bits per heavy atom. The second-order valence-corrected chi connectivity index (χ2v) is 6.67. The summed E-state index contributed by atoms with van der Waals surface area (Å²) in [5.41, 5.74) is 0.0872. The van der Waals surface area contributed by atoms with Crippen LogP contribution in [0.4, 0.5) is 0 Å². The van der Waals surface area contributed by atoms with Crippen molar-refractivity contribution in [1.29, 1.82) is 0 Å². The zero-order valence-electron chi connectivity index (χ0n) is 10.7. The molecule has 0 aromatic heterocycles. The van der Waals surface area contributed by atoms with Crippen molar-refractivity contribution < 1.29 is 18.3 Å². The first-order valence-electron chi connectivity index (χ1n) is 6.28. The zero-order chi connectivity index (χ0) is 14.0. The van der Waals surface area contributed by atoms with Crippen molar-refractivity contribution in [3.63, 3.8) is 0 Å². The molecule has 2 rings (SSSR count). The molecule has 0 aliphatic heterocycles. The number of rotatable bonds is 6. The van der Waals surface area contributed by atoms with Crippen LogP contribution in [0, 0.1) is 5.92 Å². The summed E-state index contributed by atoms with van der Waals surface area (Å²) in [5, 5.41) is 8.80. The van der Waals surface area contributed by atoms with Gasteiger partial charge in [0.15, 0.2) is 0 Å². The summed E-state index contributed by atoms with van der Waals surface area (Å²) >= 11 is 0. The van der Waals surface area contributed by atoms with E-state index in [2.05, 4.69) is 0 Å². The molecule has 0 atom stereocenters. The number of nitrogens with zero attached hydrogens (tertiary/aromatic N) is 1. The average molecular weight is 283 g/mol. The van der Waals surface area contributed by atoms with Gasteiger partial charge in [-0.3, -0.25) is 0 Å². The summed E-state index contributed by atoms with van der Waals surface area (Å²) in [4.78, 5) is 10.9. The van der Waals surface area contributed by atoms with Crippen LogP contribution in [0.3, 0.4) is 0 Å². The molecule has 0 heterocycles. The minimum absolute atomic E-state index is 0.0872. The molecule has 0 bridgehead atoms. The van der Waals surface area contributed by atoms with E-state index in [1.54, 1.807) is 0 Å². The molecule has 0 unspecified atom stereocenters. The molecule has 0 spiro atoms. The van der Waals surface area contributed by atoms with Gasteiger partial charge in [-0.2, -0.15) is 4.31 Å². The van der Waals surface area contributed by atoms with Gasteiger partial charge in [0.25, 0.3) is 0 Å². The third-order valence-electron chi connectivity index (χ3n) is 3.25. The predicted molar refractivity (Wildman–Crippen MR) is 70.6 cm³/mol. The molecule has 1 saturated carbocycles. The van der Waals surface area contributed by atoms with Crippen molar-refractivity contribution in [2.75, 3.05) is 13.1 Å². The third kappa shape index (κ3) is 3.13. The van der Waals surface area contributed by atoms with E-state index in [-0.39, 0.29) is 10.5 Å². The van der Waals surface area contributed by atoms with Gasteiger partial charge in [-0.05, 0) is 43.0 Å². The maximum absolute atomic E-state index is 12.4. The highest BCUT2D eigenvalue weighted by Crippen LogP contribution is 2.31. The highest BCUT2D eigenvalue weighted by atomic mass is 32.2. The Morgan fingerprint density at radius 3 is 2.32 bits per heavy atom. The molecule has 5 nitrogen and oxygen atoms in total. The smallest absolute Gasteiger partial charge is 0.335 e. The second-order valence-electron chi connectivity index (χ2n) is 4.73. The Labute approximate surface area is 112 Å². The Kier molecular flexibility index (Phi) is 3.91. The van der Waals surface area contributed by atoms with Crippen LogP contribution in [0.2, 0.25) is 0 Å². The number of hydrogen-bond donors (Lipinski definition) is 1. The SMILES string of the molecule is CCN(CC1CC1)S(=O)(=O)c1ccc(C(=O)O)cc1. The van der Waals surface area contributed by atoms with Gasteiger partial charge in [0.1, 0.15) is 0 Å². The Bertz CT molecular complexity index is 561. The van der Waals surface area contributed by atoms with Crippen molar-refractivity contribution in [2.45, 2.75) is 24.7 Å². The van der Waals surface area contributed by atoms with Crippen molar-refractivity contribution in [2.24, 2.45) is 5.92 Å². The fourth-order valence-electron chi connectivity index (χ4n) is 1.90. The van der Waals surface area contributed by atoms with Crippen molar-refractivity contribution in [3.8, 4) is 0 Å². The molecular weight excluding hydrogens is 266 g/mol. The monoisotopic (exact) mass is 283 g/mol. The zero-order valence-corrected chi connectivity index (χ0v) is 11.6. The summed E-state index contributed by atoms with van der Waals surface area (Å²) < 4.78 is 26.2. The number of carboxylic acids is 1. The van der Waals surface area contributed by atoms with Gasteiger partial charge >= 0.3 is 5.97 Å². The van der Waals surface area contributed by atoms with Gasteiger partial charge in [0, 0.05) is 13.1 Å². The molecule has 1 aliphatic rings. The van der Waals surface area contributed by atoms with Gasteiger partial charge < -0.3 is 5.11 Å². The van der Waals surface area contributed by atoms with Gasteiger partial charge in [-0.1, -0.05) is 6.92 Å². The molecule has 1 aromatic rings. The summed E-state index contributed by atoms with van der Waals surface area (Å²) in [5.74, 6) is -0.581. The summed E-state index contributed by atoms with van der Waals surface area (Å²) in [7, 11) is -3.51. The van der Waals surface area contributed by atoms with E-state index in [9.17, 15) is 13.2 Å². The van der Waals surface area contributed by atoms with E-state index in [0.29, 0.717) is 19.0 Å². The normalized spacial score (nSPS) is 15.7. The van der Waals surface area contributed by atoms with E-state index in [1.807, 2.05) is 6.92 Å². The summed E-state index contributed by atoms with van der Waals surface area (Å²) in [6, 6.07) is 5.35. The van der Waals surface area contributed by atoms with Gasteiger partial charge in [0.2, 0.25) is 10.0 Å². The highest BCUT2D eigenvalue weighted by molar-refractivity contribution is 7.89. The number of benzene rings is 1. The molecule has 1 aliphatic carbocycles. The Morgan fingerprint density at radius 1 is 1.32 bits per heavy atom. The lowest BCUT2D eigenvalue weighted by Crippen LogP contribution is -2.32. The largest absolute Gasteiger partial charge is 0.478 e. The molecule has 1 aromatic carbocycles. The Balaban J connectivity index is 2.23. The van der Waals surface area contributed by atoms with E-state index >= 15 is 0 Å². The van der Waals surface area contributed by atoms with Crippen LogP contribution in [0.15, 0.2) is 29.2 Å². The molecule has 1 fully saturated rings. The molecule has 0 amide bonds. The van der Waals surface area contributed by atoms with Gasteiger partial charge in [-0.25, -0.2) is 13.2 Å². The summed E-state index contributed by atoms with van der Waals surface area (Å²) in [6.45, 7) is 2.80. The third-order valence-corrected chi connectivity index (χ3v) is 5.21. The van der Waals surface area contributed by atoms with Crippen LogP contribution in [0.25, 0.3) is 0 Å². The standard InChI is InChI=1S/C13H17NO4S/c1-2-14(9-10-3-4-10)19(17,18)12-7-5-11(6-8-12)13(15)16/h5-8,10H,2-4,9H2,1H3,(H,15,16). The van der Waals surface area contributed by atoms with E-state index in [1.165, 1.54) is 28.6 Å². The molecule has 104 valence electrons. The van der Waals surface area contributed by atoms with E-state index in [4.69, 9.17) is 5.11 Å². The maximum Gasteiger partial charge on any atom is 0.335 e. The predicted octanol–water partition coefficient (Wildman–Crippen LogP) is 1.81. The first-order valence-corrected chi connectivity index (χ1v) is 7.72. The molecule has 1 N–H and O–H groups in total. The molecular formula is C13H17NO4S. The molecule has 19 heavy (non-hydrogen) atoms. The fraction of sp³-hybridized carbons (Fsp3) is 0.462. The number of carboxylic acid groups (broad SMARTS) is 1. The van der Waals surface area contributed by atoms with Crippen molar-refractivity contribution in [3.05, 3.63) is 29.8 Å². The lowest BCUT2D eigenvalue weighted by atomic mass is 10.2. The topological polar surface area (TPSA) is 74.7 Å². The van der Waals surface area contributed by atoms with Gasteiger partial charge in [-0.15, -0.1) is 0 Å². The highest BCUT2D eigenvalue weighted by Gasteiger charge is 2.30. The van der Waals surface area contributed by atoms with Crippen molar-refractivity contribution >= 4 is 16.0 Å². The molecule has 0 radical (unpaired) electrons.